The molecule has 0 fully saturated rings. The first-order chi connectivity index (χ1) is 12.8. The van der Waals surface area contributed by atoms with Gasteiger partial charge in [-0.15, -0.1) is 0 Å². The first kappa shape index (κ1) is 19.4. The van der Waals surface area contributed by atoms with Crippen LogP contribution in [0.15, 0.2) is 47.4 Å². The van der Waals surface area contributed by atoms with Crippen LogP contribution in [0, 0.1) is 0 Å². The smallest absolute Gasteiger partial charge is 0.247 e. The van der Waals surface area contributed by atoms with E-state index in [-0.39, 0.29) is 29.5 Å². The highest BCUT2D eigenvalue weighted by Gasteiger charge is 2.40. The van der Waals surface area contributed by atoms with Crippen molar-refractivity contribution >= 4 is 15.9 Å². The van der Waals surface area contributed by atoms with Gasteiger partial charge in [0.15, 0.2) is 0 Å². The van der Waals surface area contributed by atoms with E-state index in [1.54, 1.807) is 12.1 Å². The Hall–Kier alpha value is -2.38. The molecule has 1 atom stereocenters. The monoisotopic (exact) mass is 388 g/mol. The molecule has 0 saturated heterocycles. The van der Waals surface area contributed by atoms with Crippen LogP contribution in [-0.2, 0) is 27.8 Å². The van der Waals surface area contributed by atoms with Crippen LogP contribution in [0.1, 0.15) is 36.5 Å². The third-order valence-corrected chi connectivity index (χ3v) is 6.85. The van der Waals surface area contributed by atoms with Gasteiger partial charge < -0.3 is 10.5 Å². The number of amides is 1. The van der Waals surface area contributed by atoms with Crippen LogP contribution in [0.4, 0.5) is 0 Å². The van der Waals surface area contributed by atoms with Crippen LogP contribution in [-0.4, -0.2) is 31.8 Å². The Labute approximate surface area is 160 Å². The second-order valence-electron chi connectivity index (χ2n) is 7.01. The average molecular weight is 388 g/mol. The largest absolute Gasteiger partial charge is 0.495 e. The molecule has 1 heterocycles. The lowest BCUT2D eigenvalue weighted by Gasteiger charge is -2.34. The van der Waals surface area contributed by atoms with Crippen molar-refractivity contribution in [2.75, 3.05) is 7.11 Å². The van der Waals surface area contributed by atoms with Gasteiger partial charge in [0.2, 0.25) is 15.9 Å². The molecule has 27 heavy (non-hydrogen) atoms. The average Bonchev–Trinajstić information content (AvgIpc) is 2.66. The third kappa shape index (κ3) is 3.57. The number of methoxy groups -OCH3 is 1. The lowest BCUT2D eigenvalue weighted by molar-refractivity contribution is -0.122. The number of benzene rings is 2. The fourth-order valence-corrected chi connectivity index (χ4v) is 5.14. The highest BCUT2D eigenvalue weighted by Crippen LogP contribution is 2.34. The lowest BCUT2D eigenvalue weighted by atomic mass is 9.96. The molecule has 1 aliphatic rings. The summed E-state index contributed by atoms with van der Waals surface area (Å²) in [6.45, 7) is 4.07. The molecular formula is C20H24N2O4S. The second kappa shape index (κ2) is 7.32. The molecule has 1 amide bonds. The van der Waals surface area contributed by atoms with Crippen molar-refractivity contribution in [3.8, 4) is 5.75 Å². The zero-order valence-corrected chi connectivity index (χ0v) is 16.5. The van der Waals surface area contributed by atoms with Gasteiger partial charge in [-0.2, -0.15) is 4.31 Å². The van der Waals surface area contributed by atoms with E-state index in [4.69, 9.17) is 10.5 Å². The number of hydrogen-bond donors (Lipinski definition) is 1. The molecule has 2 N–H and O–H groups in total. The molecule has 2 aromatic carbocycles. The van der Waals surface area contributed by atoms with Gasteiger partial charge in [0.05, 0.1) is 7.11 Å². The molecule has 0 radical (unpaired) electrons. The van der Waals surface area contributed by atoms with Crippen molar-refractivity contribution < 1.29 is 17.9 Å². The van der Waals surface area contributed by atoms with Gasteiger partial charge >= 0.3 is 0 Å². The second-order valence-corrected chi connectivity index (χ2v) is 8.87. The summed E-state index contributed by atoms with van der Waals surface area (Å²) in [5.41, 5.74) is 8.25. The van der Waals surface area contributed by atoms with Gasteiger partial charge in [-0.05, 0) is 41.2 Å². The summed E-state index contributed by atoms with van der Waals surface area (Å²) in [4.78, 5) is 12.1. The van der Waals surface area contributed by atoms with E-state index < -0.39 is 22.0 Å². The van der Waals surface area contributed by atoms with E-state index in [0.717, 1.165) is 16.7 Å². The first-order valence-electron chi connectivity index (χ1n) is 8.81. The van der Waals surface area contributed by atoms with Crippen molar-refractivity contribution in [3.63, 3.8) is 0 Å². The van der Waals surface area contributed by atoms with E-state index in [9.17, 15) is 13.2 Å². The van der Waals surface area contributed by atoms with Crippen molar-refractivity contribution in [2.24, 2.45) is 5.73 Å². The van der Waals surface area contributed by atoms with E-state index >= 15 is 0 Å². The number of fused-ring (bicyclic) bond motifs is 1. The van der Waals surface area contributed by atoms with Crippen molar-refractivity contribution in [3.05, 3.63) is 59.2 Å². The number of ether oxygens (including phenoxy) is 1. The quantitative estimate of drug-likeness (QED) is 0.852. The summed E-state index contributed by atoms with van der Waals surface area (Å²) in [6, 6.07) is 11.7. The van der Waals surface area contributed by atoms with Gasteiger partial charge in [0.1, 0.15) is 16.7 Å². The van der Waals surface area contributed by atoms with Crippen molar-refractivity contribution in [1.29, 1.82) is 0 Å². The molecule has 1 aliphatic heterocycles. The standard InChI is InChI=1S/C20H24N2O4S/c1-13(2)14-8-9-18(26-3)19(11-14)27(24,25)22-12-16-7-5-4-6-15(16)10-17(22)20(21)23/h4-9,11,13,17H,10,12H2,1-3H3,(H2,21,23). The molecule has 1 unspecified atom stereocenters. The molecule has 0 aromatic heterocycles. The fraction of sp³-hybridized carbons (Fsp3) is 0.350. The maximum Gasteiger partial charge on any atom is 0.247 e. The van der Waals surface area contributed by atoms with E-state index in [1.165, 1.54) is 11.4 Å². The molecule has 0 saturated carbocycles. The lowest BCUT2D eigenvalue weighted by Crippen LogP contribution is -2.51. The number of primary amides is 1. The predicted molar refractivity (Wildman–Crippen MR) is 103 cm³/mol. The zero-order valence-electron chi connectivity index (χ0n) is 15.7. The van der Waals surface area contributed by atoms with Crippen LogP contribution in [0.3, 0.4) is 0 Å². The summed E-state index contributed by atoms with van der Waals surface area (Å²) >= 11 is 0. The molecule has 0 spiro atoms. The molecule has 7 heteroatoms. The number of carbonyl (C=O) groups excluding carboxylic acids is 1. The number of nitrogens with zero attached hydrogens (tertiary/aromatic N) is 1. The Balaban J connectivity index is 2.13. The molecule has 3 rings (SSSR count). The van der Waals surface area contributed by atoms with Crippen LogP contribution in [0.5, 0.6) is 5.75 Å². The van der Waals surface area contributed by atoms with Gasteiger partial charge in [-0.25, -0.2) is 8.42 Å². The molecular weight excluding hydrogens is 364 g/mol. The van der Waals surface area contributed by atoms with Crippen LogP contribution in [0.2, 0.25) is 0 Å². The summed E-state index contributed by atoms with van der Waals surface area (Å²) < 4.78 is 33.5. The normalized spacial score (nSPS) is 17.6. The Morgan fingerprint density at radius 3 is 2.44 bits per heavy atom. The zero-order chi connectivity index (χ0) is 19.8. The van der Waals surface area contributed by atoms with Gasteiger partial charge in [-0.3, -0.25) is 4.79 Å². The predicted octanol–water partition coefficient (Wildman–Crippen LogP) is 2.42. The SMILES string of the molecule is COc1ccc(C(C)C)cc1S(=O)(=O)N1Cc2ccccc2CC1C(N)=O. The van der Waals surface area contributed by atoms with Crippen molar-refractivity contribution in [2.45, 2.75) is 43.7 Å². The summed E-state index contributed by atoms with van der Waals surface area (Å²) in [5.74, 6) is -0.257. The summed E-state index contributed by atoms with van der Waals surface area (Å²) in [7, 11) is -2.56. The Kier molecular flexibility index (Phi) is 5.26. The minimum Gasteiger partial charge on any atom is -0.495 e. The molecule has 6 nitrogen and oxygen atoms in total. The maximum absolute atomic E-state index is 13.5. The Morgan fingerprint density at radius 2 is 1.85 bits per heavy atom. The van der Waals surface area contributed by atoms with Crippen molar-refractivity contribution in [1.82, 2.24) is 4.31 Å². The summed E-state index contributed by atoms with van der Waals surface area (Å²) in [5, 5.41) is 0. The number of hydrogen-bond acceptors (Lipinski definition) is 4. The molecule has 2 aromatic rings. The summed E-state index contributed by atoms with van der Waals surface area (Å²) in [6.07, 6.45) is 0.261. The van der Waals surface area contributed by atoms with Gasteiger partial charge in [-0.1, -0.05) is 44.2 Å². The van der Waals surface area contributed by atoms with E-state index in [1.807, 2.05) is 44.2 Å². The van der Waals surface area contributed by atoms with Crippen LogP contribution < -0.4 is 10.5 Å². The fourth-order valence-electron chi connectivity index (χ4n) is 3.37. The molecule has 0 bridgehead atoms. The Morgan fingerprint density at radius 1 is 1.19 bits per heavy atom. The highest BCUT2D eigenvalue weighted by molar-refractivity contribution is 7.89. The van der Waals surface area contributed by atoms with E-state index in [0.29, 0.717) is 0 Å². The Bertz CT molecular complexity index is 970. The maximum atomic E-state index is 13.5. The van der Waals surface area contributed by atoms with Gasteiger partial charge in [0.25, 0.3) is 0 Å². The van der Waals surface area contributed by atoms with Gasteiger partial charge in [0, 0.05) is 6.54 Å². The number of rotatable bonds is 5. The van der Waals surface area contributed by atoms with Crippen LogP contribution >= 0.6 is 0 Å². The first-order valence-corrected chi connectivity index (χ1v) is 10.3. The highest BCUT2D eigenvalue weighted by atomic mass is 32.2. The van der Waals surface area contributed by atoms with E-state index in [2.05, 4.69) is 0 Å². The third-order valence-electron chi connectivity index (χ3n) is 4.97. The minimum absolute atomic E-state index is 0.0573. The molecule has 0 aliphatic carbocycles. The topological polar surface area (TPSA) is 89.7 Å². The molecule has 144 valence electrons. The van der Waals surface area contributed by atoms with Crippen LogP contribution in [0.25, 0.3) is 0 Å². The number of nitrogens with two attached hydrogens (primary N) is 1. The minimum atomic E-state index is -3.99. The number of carbonyl (C=O) groups is 1. The number of sulfonamides is 1.